The zero-order valence-electron chi connectivity index (χ0n) is 20.5. The van der Waals surface area contributed by atoms with Gasteiger partial charge in [-0.3, -0.25) is 14.6 Å². The topological polar surface area (TPSA) is 150 Å². The van der Waals surface area contributed by atoms with E-state index in [0.29, 0.717) is 10.3 Å². The van der Waals surface area contributed by atoms with Crippen molar-refractivity contribution >= 4 is 62.9 Å². The molecule has 4 heterocycles. The Morgan fingerprint density at radius 2 is 1.65 bits per heavy atom. The second-order valence-corrected chi connectivity index (χ2v) is 11.2. The number of nitrogens with one attached hydrogen (secondary N) is 2. The Bertz CT molecular complexity index is 1260. The number of allylic oxidation sites excluding steroid dienone is 1. The number of hydrogen-bond donors (Lipinski definition) is 2. The van der Waals surface area contributed by atoms with E-state index in [1.165, 1.54) is 22.7 Å². The van der Waals surface area contributed by atoms with E-state index in [2.05, 4.69) is 46.3 Å². The molecular formula is C23H28N10O2S2. The molecule has 2 unspecified atom stereocenters. The molecule has 0 aromatic carbocycles. The van der Waals surface area contributed by atoms with E-state index >= 15 is 0 Å². The lowest BCUT2D eigenvalue weighted by atomic mass is 9.82. The molecule has 14 heteroatoms. The third kappa shape index (κ3) is 6.68. The normalized spacial score (nSPS) is 21.4. The average molecular weight is 541 g/mol. The summed E-state index contributed by atoms with van der Waals surface area (Å²) in [4.78, 5) is 24.8. The first-order chi connectivity index (χ1) is 18.0. The number of rotatable bonds is 8. The third-order valence-electron chi connectivity index (χ3n) is 6.43. The van der Waals surface area contributed by atoms with Gasteiger partial charge in [0.1, 0.15) is 10.0 Å². The highest BCUT2D eigenvalue weighted by Gasteiger charge is 2.29. The van der Waals surface area contributed by atoms with Crippen LogP contribution < -0.4 is 10.6 Å². The van der Waals surface area contributed by atoms with Crippen molar-refractivity contribution in [2.24, 2.45) is 15.3 Å². The van der Waals surface area contributed by atoms with Crippen LogP contribution in [0.2, 0.25) is 0 Å². The molecule has 0 bridgehead atoms. The Morgan fingerprint density at radius 3 is 2.27 bits per heavy atom. The molecule has 1 aliphatic carbocycles. The van der Waals surface area contributed by atoms with Crippen molar-refractivity contribution in [1.82, 2.24) is 25.4 Å². The summed E-state index contributed by atoms with van der Waals surface area (Å²) in [6, 6.07) is 0. The van der Waals surface area contributed by atoms with Gasteiger partial charge in [0.25, 0.3) is 0 Å². The van der Waals surface area contributed by atoms with Gasteiger partial charge in [-0.05, 0) is 32.1 Å². The van der Waals surface area contributed by atoms with Gasteiger partial charge in [0.05, 0.1) is 18.6 Å². The van der Waals surface area contributed by atoms with Crippen LogP contribution in [0.1, 0.15) is 79.6 Å². The Morgan fingerprint density at radius 1 is 0.973 bits per heavy atom. The van der Waals surface area contributed by atoms with E-state index in [-0.39, 0.29) is 36.5 Å². The van der Waals surface area contributed by atoms with E-state index in [4.69, 9.17) is 0 Å². The number of nitrogens with zero attached hydrogens (tertiary/aromatic N) is 8. The van der Waals surface area contributed by atoms with Crippen LogP contribution in [0.3, 0.4) is 0 Å². The first kappa shape index (κ1) is 25.3. The molecule has 194 valence electrons. The molecule has 2 aromatic heterocycles. The molecule has 0 radical (unpaired) electrons. The van der Waals surface area contributed by atoms with E-state index in [1.807, 2.05) is 13.1 Å². The fourth-order valence-electron chi connectivity index (χ4n) is 4.55. The monoisotopic (exact) mass is 540 g/mol. The molecule has 37 heavy (non-hydrogen) atoms. The smallest absolute Gasteiger partial charge is 0.232 e. The summed E-state index contributed by atoms with van der Waals surface area (Å²) in [6.45, 7) is 0. The van der Waals surface area contributed by atoms with Crippen molar-refractivity contribution in [3.63, 3.8) is 0 Å². The predicted molar refractivity (Wildman–Crippen MR) is 144 cm³/mol. The summed E-state index contributed by atoms with van der Waals surface area (Å²) in [6.07, 6.45) is 12.3. The van der Waals surface area contributed by atoms with Crippen molar-refractivity contribution in [3.05, 3.63) is 21.8 Å². The van der Waals surface area contributed by atoms with Crippen molar-refractivity contribution in [1.29, 1.82) is 0 Å². The van der Waals surface area contributed by atoms with Gasteiger partial charge in [-0.15, -0.1) is 20.4 Å². The predicted octanol–water partition coefficient (Wildman–Crippen LogP) is 3.91. The maximum atomic E-state index is 12.5. The largest absolute Gasteiger partial charge is 0.300 e. The van der Waals surface area contributed by atoms with Crippen molar-refractivity contribution in [2.45, 2.75) is 69.6 Å². The summed E-state index contributed by atoms with van der Waals surface area (Å²) >= 11 is 2.86. The maximum Gasteiger partial charge on any atom is 0.232 e. The summed E-state index contributed by atoms with van der Waals surface area (Å²) in [5, 5.41) is 39.5. The van der Waals surface area contributed by atoms with Crippen LogP contribution in [0.15, 0.2) is 27.1 Å². The Kier molecular flexibility index (Phi) is 8.04. The number of carbonyl (C=O) groups excluding carboxylic acids is 2. The first-order valence-electron chi connectivity index (χ1n) is 12.3. The molecule has 1 fully saturated rings. The van der Waals surface area contributed by atoms with E-state index in [1.54, 1.807) is 17.4 Å². The molecular weight excluding hydrogens is 512 g/mol. The van der Waals surface area contributed by atoms with Gasteiger partial charge in [0, 0.05) is 43.4 Å². The van der Waals surface area contributed by atoms with Gasteiger partial charge in [-0.25, -0.2) is 0 Å². The van der Waals surface area contributed by atoms with Crippen molar-refractivity contribution < 1.29 is 9.59 Å². The van der Waals surface area contributed by atoms with Crippen molar-refractivity contribution in [2.75, 3.05) is 17.7 Å². The number of aromatic nitrogens is 4. The fraction of sp³-hybridized carbons (Fsp3) is 0.522. The van der Waals surface area contributed by atoms with E-state index < -0.39 is 0 Å². The van der Waals surface area contributed by atoms with Gasteiger partial charge in [0.15, 0.2) is 0 Å². The van der Waals surface area contributed by atoms with Crippen LogP contribution in [0.25, 0.3) is 0 Å². The Balaban J connectivity index is 1.14. The fourth-order valence-corrected chi connectivity index (χ4v) is 6.37. The minimum absolute atomic E-state index is 0.133. The van der Waals surface area contributed by atoms with Gasteiger partial charge in [-0.1, -0.05) is 35.2 Å². The number of hydrazone groups is 1. The third-order valence-corrected chi connectivity index (χ3v) is 8.43. The average Bonchev–Trinajstić information content (AvgIpc) is 3.56. The molecule has 2 aromatic rings. The SMILES string of the molecule is CN1N=CCC=C1CC(=O)Nc1nnc(C2CCCC(c3nnc(NC(=O)CC4=NN=CCC4)s3)C2)s1. The molecule has 3 aliphatic rings. The van der Waals surface area contributed by atoms with Crippen LogP contribution in [-0.2, 0) is 9.59 Å². The summed E-state index contributed by atoms with van der Waals surface area (Å²) < 4.78 is 0. The molecule has 1 saturated carbocycles. The second-order valence-electron chi connectivity index (χ2n) is 9.16. The number of anilines is 2. The molecule has 2 aliphatic heterocycles. The zero-order valence-corrected chi connectivity index (χ0v) is 22.1. The number of amides is 2. The lowest BCUT2D eigenvalue weighted by Crippen LogP contribution is -2.20. The number of carbonyl (C=O) groups is 2. The van der Waals surface area contributed by atoms with Gasteiger partial charge in [0.2, 0.25) is 22.1 Å². The van der Waals surface area contributed by atoms with E-state index in [0.717, 1.165) is 66.4 Å². The van der Waals surface area contributed by atoms with Crippen LogP contribution in [-0.4, -0.2) is 62.4 Å². The Hall–Kier alpha value is -3.39. The first-order valence-corrected chi connectivity index (χ1v) is 14.0. The highest BCUT2D eigenvalue weighted by atomic mass is 32.1. The molecule has 2 N–H and O–H groups in total. The van der Waals surface area contributed by atoms with Gasteiger partial charge < -0.3 is 10.6 Å². The highest BCUT2D eigenvalue weighted by molar-refractivity contribution is 7.15. The van der Waals surface area contributed by atoms with E-state index in [9.17, 15) is 9.59 Å². The minimum atomic E-state index is -0.150. The standard InChI is InChI=1S/C23H28N10O2S2/c1-33-17(8-4-10-25-33)13-19(35)27-23-32-30-21(37-23)15-6-2-5-14(11-15)20-29-31-22(36-20)26-18(34)12-16-7-3-9-24-28-16/h8-10,14-15H,2-7,11-13H2,1H3,(H,26,31,34)(H,27,32,35). The quantitative estimate of drug-likeness (QED) is 0.515. The van der Waals surface area contributed by atoms with Crippen molar-refractivity contribution in [3.8, 4) is 0 Å². The number of hydrogen-bond acceptors (Lipinski definition) is 12. The summed E-state index contributed by atoms with van der Waals surface area (Å²) in [5.41, 5.74) is 1.64. The second kappa shape index (κ2) is 11.8. The highest BCUT2D eigenvalue weighted by Crippen LogP contribution is 2.43. The minimum Gasteiger partial charge on any atom is -0.300 e. The maximum absolute atomic E-state index is 12.5. The molecule has 5 rings (SSSR count). The van der Waals surface area contributed by atoms with Crippen LogP contribution in [0.5, 0.6) is 0 Å². The molecule has 2 amide bonds. The lowest BCUT2D eigenvalue weighted by molar-refractivity contribution is -0.116. The molecule has 0 spiro atoms. The van der Waals surface area contributed by atoms with Crippen LogP contribution in [0.4, 0.5) is 10.3 Å². The summed E-state index contributed by atoms with van der Waals surface area (Å²) in [7, 11) is 1.83. The molecule has 12 nitrogen and oxygen atoms in total. The molecule has 0 saturated heterocycles. The molecule has 2 atom stereocenters. The zero-order chi connectivity index (χ0) is 25.6. The van der Waals surface area contributed by atoms with Crippen LogP contribution in [0, 0.1) is 0 Å². The lowest BCUT2D eigenvalue weighted by Gasteiger charge is -2.25. The Labute approximate surface area is 222 Å². The van der Waals surface area contributed by atoms with Gasteiger partial charge in [-0.2, -0.15) is 15.3 Å². The van der Waals surface area contributed by atoms with Crippen LogP contribution >= 0.6 is 22.7 Å². The summed E-state index contributed by atoms with van der Waals surface area (Å²) in [5.74, 6) is 0.208. The van der Waals surface area contributed by atoms with Gasteiger partial charge >= 0.3 is 0 Å².